The summed E-state index contributed by atoms with van der Waals surface area (Å²) in [5.74, 6) is 0.424. The molecule has 2 rings (SSSR count). The second kappa shape index (κ2) is 4.70. The summed E-state index contributed by atoms with van der Waals surface area (Å²) in [4.78, 5) is 11.7. The van der Waals surface area contributed by atoms with Crippen LogP contribution in [0.25, 0.3) is 0 Å². The molecule has 2 heterocycles. The van der Waals surface area contributed by atoms with E-state index in [0.717, 1.165) is 4.47 Å². The number of nitrogens with zero attached hydrogens (tertiary/aromatic N) is 3. The van der Waals surface area contributed by atoms with Gasteiger partial charge in [0.2, 0.25) is 5.91 Å². The lowest BCUT2D eigenvalue weighted by Gasteiger charge is -2.04. The van der Waals surface area contributed by atoms with Crippen LogP contribution in [0.4, 0.5) is 5.69 Å². The van der Waals surface area contributed by atoms with Crippen LogP contribution in [-0.2, 0) is 11.3 Å². The summed E-state index contributed by atoms with van der Waals surface area (Å²) in [7, 11) is 0. The van der Waals surface area contributed by atoms with Gasteiger partial charge in [-0.1, -0.05) is 5.16 Å². The van der Waals surface area contributed by atoms with Crippen molar-refractivity contribution >= 4 is 27.5 Å². The van der Waals surface area contributed by atoms with Gasteiger partial charge in [-0.15, -0.1) is 0 Å². The third-order valence-electron chi connectivity index (χ3n) is 2.21. The van der Waals surface area contributed by atoms with Crippen LogP contribution < -0.4 is 5.32 Å². The average Bonchev–Trinajstić information content (AvgIpc) is 2.79. The van der Waals surface area contributed by atoms with Gasteiger partial charge in [0.05, 0.1) is 10.7 Å². The molecule has 2 aromatic heterocycles. The number of rotatable bonds is 3. The highest BCUT2D eigenvalue weighted by atomic mass is 79.9. The first-order valence-electron chi connectivity index (χ1n) is 4.97. The standard InChI is InChI=1S/C10H11BrN4O2/c1-6-10(7(2)17-14-6)13-9(16)5-15-4-8(11)3-12-15/h3-4H,5H2,1-2H3,(H,13,16). The SMILES string of the molecule is Cc1noc(C)c1NC(=O)Cn1cc(Br)cn1. The van der Waals surface area contributed by atoms with Crippen molar-refractivity contribution in [1.82, 2.24) is 14.9 Å². The molecule has 7 heteroatoms. The molecule has 0 saturated heterocycles. The van der Waals surface area contributed by atoms with Crippen LogP contribution in [0.5, 0.6) is 0 Å². The summed E-state index contributed by atoms with van der Waals surface area (Å²) in [5, 5.41) is 10.5. The maximum Gasteiger partial charge on any atom is 0.246 e. The summed E-state index contributed by atoms with van der Waals surface area (Å²) in [6.07, 6.45) is 3.36. The Morgan fingerprint density at radius 3 is 2.88 bits per heavy atom. The number of carbonyl (C=O) groups excluding carboxylic acids is 1. The third kappa shape index (κ3) is 2.73. The fourth-order valence-corrected chi connectivity index (χ4v) is 1.74. The summed E-state index contributed by atoms with van der Waals surface area (Å²) >= 11 is 3.27. The van der Waals surface area contributed by atoms with Crippen LogP contribution in [0.2, 0.25) is 0 Å². The van der Waals surface area contributed by atoms with E-state index in [1.54, 1.807) is 26.2 Å². The summed E-state index contributed by atoms with van der Waals surface area (Å²) in [5.41, 5.74) is 1.29. The van der Waals surface area contributed by atoms with Gasteiger partial charge < -0.3 is 9.84 Å². The Morgan fingerprint density at radius 2 is 2.35 bits per heavy atom. The molecule has 1 N–H and O–H groups in total. The molecule has 1 amide bonds. The molecule has 0 saturated carbocycles. The van der Waals surface area contributed by atoms with E-state index in [0.29, 0.717) is 17.1 Å². The molecular formula is C10H11BrN4O2. The number of hydrogen-bond donors (Lipinski definition) is 1. The molecule has 0 bridgehead atoms. The number of amides is 1. The zero-order valence-electron chi connectivity index (χ0n) is 9.40. The molecule has 90 valence electrons. The molecular weight excluding hydrogens is 288 g/mol. The monoisotopic (exact) mass is 298 g/mol. The zero-order valence-corrected chi connectivity index (χ0v) is 11.0. The largest absolute Gasteiger partial charge is 0.359 e. The maximum absolute atomic E-state index is 11.7. The molecule has 2 aromatic rings. The molecule has 17 heavy (non-hydrogen) atoms. The normalized spacial score (nSPS) is 10.5. The van der Waals surface area contributed by atoms with Crippen LogP contribution in [0.3, 0.4) is 0 Å². The van der Waals surface area contributed by atoms with E-state index in [2.05, 4.69) is 31.5 Å². The molecule has 6 nitrogen and oxygen atoms in total. The van der Waals surface area contributed by atoms with Crippen LogP contribution in [0.1, 0.15) is 11.5 Å². The molecule has 0 aliphatic heterocycles. The lowest BCUT2D eigenvalue weighted by Crippen LogP contribution is -2.19. The number of halogens is 1. The quantitative estimate of drug-likeness (QED) is 0.939. The summed E-state index contributed by atoms with van der Waals surface area (Å²) < 4.78 is 7.33. The van der Waals surface area contributed by atoms with E-state index >= 15 is 0 Å². The van der Waals surface area contributed by atoms with Crippen LogP contribution in [-0.4, -0.2) is 20.8 Å². The second-order valence-corrected chi connectivity index (χ2v) is 4.52. The lowest BCUT2D eigenvalue weighted by molar-refractivity contribution is -0.116. The Kier molecular flexibility index (Phi) is 3.28. The van der Waals surface area contributed by atoms with E-state index in [1.807, 2.05) is 0 Å². The maximum atomic E-state index is 11.7. The first-order valence-corrected chi connectivity index (χ1v) is 5.76. The van der Waals surface area contributed by atoms with E-state index in [4.69, 9.17) is 4.52 Å². The Morgan fingerprint density at radius 1 is 1.59 bits per heavy atom. The fourth-order valence-electron chi connectivity index (χ4n) is 1.41. The number of nitrogens with one attached hydrogen (secondary N) is 1. The molecule has 0 aliphatic carbocycles. The van der Waals surface area contributed by atoms with Crippen molar-refractivity contribution in [2.45, 2.75) is 20.4 Å². The van der Waals surface area contributed by atoms with Gasteiger partial charge in [-0.25, -0.2) is 0 Å². The van der Waals surface area contributed by atoms with Gasteiger partial charge in [-0.05, 0) is 29.8 Å². The van der Waals surface area contributed by atoms with Crippen molar-refractivity contribution < 1.29 is 9.32 Å². The molecule has 0 aliphatic rings. The molecule has 0 atom stereocenters. The highest BCUT2D eigenvalue weighted by Gasteiger charge is 2.12. The Bertz CT molecular complexity index is 527. The fraction of sp³-hybridized carbons (Fsp3) is 0.300. The lowest BCUT2D eigenvalue weighted by atomic mass is 10.3. The third-order valence-corrected chi connectivity index (χ3v) is 2.61. The van der Waals surface area contributed by atoms with Crippen molar-refractivity contribution in [2.24, 2.45) is 0 Å². The minimum Gasteiger partial charge on any atom is -0.359 e. The first-order chi connectivity index (χ1) is 8.06. The summed E-state index contributed by atoms with van der Waals surface area (Å²) in [6, 6.07) is 0. The van der Waals surface area contributed by atoms with Gasteiger partial charge in [-0.2, -0.15) is 5.10 Å². The molecule has 0 fully saturated rings. The Balaban J connectivity index is 2.03. The van der Waals surface area contributed by atoms with Crippen molar-refractivity contribution in [3.8, 4) is 0 Å². The van der Waals surface area contributed by atoms with Gasteiger partial charge in [0, 0.05) is 6.20 Å². The average molecular weight is 299 g/mol. The highest BCUT2D eigenvalue weighted by molar-refractivity contribution is 9.10. The molecule has 0 radical (unpaired) electrons. The van der Waals surface area contributed by atoms with Crippen LogP contribution >= 0.6 is 15.9 Å². The van der Waals surface area contributed by atoms with E-state index in [-0.39, 0.29) is 12.5 Å². The molecule has 0 aromatic carbocycles. The van der Waals surface area contributed by atoms with Gasteiger partial charge in [0.15, 0.2) is 5.76 Å². The van der Waals surface area contributed by atoms with Gasteiger partial charge in [0.1, 0.15) is 17.9 Å². The van der Waals surface area contributed by atoms with Crippen molar-refractivity contribution in [3.05, 3.63) is 28.3 Å². The van der Waals surface area contributed by atoms with Gasteiger partial charge in [0.25, 0.3) is 0 Å². The summed E-state index contributed by atoms with van der Waals surface area (Å²) in [6.45, 7) is 3.67. The number of aryl methyl sites for hydroxylation is 2. The predicted molar refractivity (Wildman–Crippen MR) is 64.5 cm³/mol. The first kappa shape index (κ1) is 11.8. The van der Waals surface area contributed by atoms with Crippen LogP contribution in [0, 0.1) is 13.8 Å². The van der Waals surface area contributed by atoms with E-state index in [1.165, 1.54) is 4.68 Å². The minimum absolute atomic E-state index is 0.148. The number of carbonyl (C=O) groups is 1. The van der Waals surface area contributed by atoms with E-state index < -0.39 is 0 Å². The van der Waals surface area contributed by atoms with E-state index in [9.17, 15) is 4.79 Å². The highest BCUT2D eigenvalue weighted by Crippen LogP contribution is 2.18. The number of hydrogen-bond acceptors (Lipinski definition) is 4. The number of aromatic nitrogens is 3. The van der Waals surface area contributed by atoms with Crippen molar-refractivity contribution in [2.75, 3.05) is 5.32 Å². The van der Waals surface area contributed by atoms with Gasteiger partial charge in [-0.3, -0.25) is 9.48 Å². The van der Waals surface area contributed by atoms with Crippen molar-refractivity contribution in [1.29, 1.82) is 0 Å². The minimum atomic E-state index is -0.171. The Labute approximate surface area is 106 Å². The number of anilines is 1. The smallest absolute Gasteiger partial charge is 0.246 e. The predicted octanol–water partition coefficient (Wildman–Crippen LogP) is 1.89. The van der Waals surface area contributed by atoms with Crippen LogP contribution in [0.15, 0.2) is 21.4 Å². The molecule has 0 spiro atoms. The molecule has 0 unspecified atom stereocenters. The van der Waals surface area contributed by atoms with Crippen molar-refractivity contribution in [3.63, 3.8) is 0 Å². The van der Waals surface area contributed by atoms with Gasteiger partial charge >= 0.3 is 0 Å². The Hall–Kier alpha value is -1.63. The topological polar surface area (TPSA) is 73.0 Å². The zero-order chi connectivity index (χ0) is 12.4. The second-order valence-electron chi connectivity index (χ2n) is 3.60.